The van der Waals surface area contributed by atoms with Crippen molar-refractivity contribution >= 4 is 0 Å². The lowest BCUT2D eigenvalue weighted by Crippen LogP contribution is -2.26. The molecule has 0 amide bonds. The lowest BCUT2D eigenvalue weighted by Gasteiger charge is -2.27. The fourth-order valence-corrected chi connectivity index (χ4v) is 2.43. The highest BCUT2D eigenvalue weighted by molar-refractivity contribution is 5.01. The summed E-state index contributed by atoms with van der Waals surface area (Å²) in [5, 5.41) is 0. The number of methoxy groups -OCH3 is 1. The third kappa shape index (κ3) is 4.26. The van der Waals surface area contributed by atoms with E-state index >= 15 is 0 Å². The zero-order valence-electron chi connectivity index (χ0n) is 10.4. The molecule has 0 saturated heterocycles. The first kappa shape index (κ1) is 12.6. The van der Waals surface area contributed by atoms with Crippen LogP contribution in [-0.4, -0.2) is 12.7 Å². The van der Waals surface area contributed by atoms with E-state index in [-0.39, 0.29) is 5.60 Å². The van der Waals surface area contributed by atoms with Gasteiger partial charge in [-0.25, -0.2) is 0 Å². The summed E-state index contributed by atoms with van der Waals surface area (Å²) in [5.41, 5.74) is 0.120. The molecule has 0 bridgehead atoms. The fraction of sp³-hybridized carbons (Fsp3) is 0.857. The van der Waals surface area contributed by atoms with E-state index in [9.17, 15) is 0 Å². The second-order valence-electron chi connectivity index (χ2n) is 4.88. The Bertz CT molecular complexity index is 235. The molecule has 86 valence electrons. The zero-order valence-corrected chi connectivity index (χ0v) is 10.4. The highest BCUT2D eigenvalue weighted by Gasteiger charge is 2.24. The Labute approximate surface area is 94.6 Å². The first-order chi connectivity index (χ1) is 7.20. The molecule has 1 rings (SSSR count). The highest BCUT2D eigenvalue weighted by Crippen LogP contribution is 2.29. The van der Waals surface area contributed by atoms with E-state index in [1.54, 1.807) is 0 Å². The van der Waals surface area contributed by atoms with Crippen molar-refractivity contribution in [2.24, 2.45) is 5.92 Å². The molecule has 1 fully saturated rings. The molecular formula is C14H24O. The maximum Gasteiger partial charge on any atom is 0.0650 e. The summed E-state index contributed by atoms with van der Waals surface area (Å²) in [4.78, 5) is 0. The topological polar surface area (TPSA) is 9.23 Å². The molecule has 2 atom stereocenters. The predicted octanol–water partition coefficient (Wildman–Crippen LogP) is 3.78. The van der Waals surface area contributed by atoms with Crippen molar-refractivity contribution < 1.29 is 4.74 Å². The molecule has 1 aliphatic carbocycles. The number of hydrogen-bond acceptors (Lipinski definition) is 1. The molecule has 15 heavy (non-hydrogen) atoms. The first-order valence-corrected chi connectivity index (χ1v) is 6.17. The van der Waals surface area contributed by atoms with Crippen molar-refractivity contribution in [2.75, 3.05) is 7.11 Å². The van der Waals surface area contributed by atoms with Gasteiger partial charge in [-0.2, -0.15) is 0 Å². The average molecular weight is 208 g/mol. The quantitative estimate of drug-likeness (QED) is 0.596. The standard InChI is InChI=1S/C14H24O/c1-4-8-13-9-5-6-11-14(2,15-3)12-7-10-13/h13H,5-7,9-12H2,1-3H3. The SMILES string of the molecule is CC#CC1CCCCC(C)(OC)CCC1. The van der Waals surface area contributed by atoms with Crippen LogP contribution in [0.3, 0.4) is 0 Å². The third-order valence-electron chi connectivity index (χ3n) is 3.61. The van der Waals surface area contributed by atoms with Gasteiger partial charge < -0.3 is 4.74 Å². The summed E-state index contributed by atoms with van der Waals surface area (Å²) < 4.78 is 5.63. The third-order valence-corrected chi connectivity index (χ3v) is 3.61. The van der Waals surface area contributed by atoms with Crippen LogP contribution >= 0.6 is 0 Å². The Balaban J connectivity index is 2.50. The smallest absolute Gasteiger partial charge is 0.0650 e. The Morgan fingerprint density at radius 1 is 1.13 bits per heavy atom. The van der Waals surface area contributed by atoms with Crippen molar-refractivity contribution in [2.45, 2.75) is 64.4 Å². The van der Waals surface area contributed by atoms with Gasteiger partial charge in [0.25, 0.3) is 0 Å². The van der Waals surface area contributed by atoms with E-state index in [1.807, 2.05) is 14.0 Å². The molecule has 0 aromatic heterocycles. The van der Waals surface area contributed by atoms with Crippen molar-refractivity contribution in [1.29, 1.82) is 0 Å². The molecule has 0 N–H and O–H groups in total. The second-order valence-corrected chi connectivity index (χ2v) is 4.88. The van der Waals surface area contributed by atoms with Gasteiger partial charge in [-0.15, -0.1) is 11.8 Å². The van der Waals surface area contributed by atoms with E-state index in [1.165, 1.54) is 44.9 Å². The number of rotatable bonds is 1. The van der Waals surface area contributed by atoms with Crippen molar-refractivity contribution in [3.05, 3.63) is 0 Å². The molecule has 0 heterocycles. The molecule has 0 aromatic carbocycles. The molecule has 1 heteroatoms. The van der Waals surface area contributed by atoms with Crippen LogP contribution in [0.1, 0.15) is 58.8 Å². The minimum Gasteiger partial charge on any atom is -0.379 e. The molecule has 0 spiro atoms. The van der Waals surface area contributed by atoms with Gasteiger partial charge in [0.2, 0.25) is 0 Å². The van der Waals surface area contributed by atoms with Crippen molar-refractivity contribution in [1.82, 2.24) is 0 Å². The van der Waals surface area contributed by atoms with Gasteiger partial charge in [-0.05, 0) is 46.0 Å². The molecule has 1 aliphatic rings. The van der Waals surface area contributed by atoms with Crippen LogP contribution in [0.5, 0.6) is 0 Å². The summed E-state index contributed by atoms with van der Waals surface area (Å²) in [6.45, 7) is 4.20. The van der Waals surface area contributed by atoms with Crippen molar-refractivity contribution in [3.8, 4) is 11.8 Å². The lowest BCUT2D eigenvalue weighted by atomic mass is 9.93. The number of hydrogen-bond donors (Lipinski definition) is 0. The van der Waals surface area contributed by atoms with E-state index in [0.29, 0.717) is 5.92 Å². The van der Waals surface area contributed by atoms with Gasteiger partial charge in [-0.1, -0.05) is 12.8 Å². The van der Waals surface area contributed by atoms with Crippen LogP contribution in [-0.2, 0) is 4.74 Å². The second kappa shape index (κ2) is 6.18. The van der Waals surface area contributed by atoms with Crippen molar-refractivity contribution in [3.63, 3.8) is 0 Å². The van der Waals surface area contributed by atoms with Gasteiger partial charge in [0.1, 0.15) is 0 Å². The van der Waals surface area contributed by atoms with E-state index in [0.717, 1.165) is 0 Å². The zero-order chi connectivity index (χ0) is 11.1. The largest absolute Gasteiger partial charge is 0.379 e. The van der Waals surface area contributed by atoms with Crippen LogP contribution in [0.4, 0.5) is 0 Å². The van der Waals surface area contributed by atoms with Crippen LogP contribution in [0.15, 0.2) is 0 Å². The van der Waals surface area contributed by atoms with Crippen LogP contribution in [0.2, 0.25) is 0 Å². The lowest BCUT2D eigenvalue weighted by molar-refractivity contribution is -0.0108. The summed E-state index contributed by atoms with van der Waals surface area (Å²) in [6.07, 6.45) is 8.76. The highest BCUT2D eigenvalue weighted by atomic mass is 16.5. The Hall–Kier alpha value is -0.480. The van der Waals surface area contributed by atoms with Crippen LogP contribution in [0.25, 0.3) is 0 Å². The Morgan fingerprint density at radius 3 is 2.47 bits per heavy atom. The summed E-state index contributed by atoms with van der Waals surface area (Å²) in [7, 11) is 1.85. The van der Waals surface area contributed by atoms with E-state index in [2.05, 4.69) is 18.8 Å². The minimum atomic E-state index is 0.120. The summed E-state index contributed by atoms with van der Waals surface area (Å²) in [6, 6.07) is 0. The molecule has 1 nitrogen and oxygen atoms in total. The Morgan fingerprint density at radius 2 is 1.80 bits per heavy atom. The molecular weight excluding hydrogens is 184 g/mol. The molecule has 0 radical (unpaired) electrons. The van der Waals surface area contributed by atoms with E-state index in [4.69, 9.17) is 4.74 Å². The molecule has 1 saturated carbocycles. The summed E-state index contributed by atoms with van der Waals surface area (Å²) in [5.74, 6) is 7.03. The first-order valence-electron chi connectivity index (χ1n) is 6.17. The predicted molar refractivity (Wildman–Crippen MR) is 64.7 cm³/mol. The number of ether oxygens (including phenoxy) is 1. The maximum atomic E-state index is 5.63. The fourth-order valence-electron chi connectivity index (χ4n) is 2.43. The maximum absolute atomic E-state index is 5.63. The Kier molecular flexibility index (Phi) is 5.19. The monoisotopic (exact) mass is 208 g/mol. The van der Waals surface area contributed by atoms with Gasteiger partial charge in [-0.3, -0.25) is 0 Å². The molecule has 0 aromatic rings. The van der Waals surface area contributed by atoms with Gasteiger partial charge in [0.05, 0.1) is 5.60 Å². The molecule has 2 unspecified atom stereocenters. The summed E-state index contributed by atoms with van der Waals surface area (Å²) >= 11 is 0. The normalized spacial score (nSPS) is 33.1. The van der Waals surface area contributed by atoms with E-state index < -0.39 is 0 Å². The van der Waals surface area contributed by atoms with Crippen LogP contribution < -0.4 is 0 Å². The molecule has 0 aliphatic heterocycles. The average Bonchev–Trinajstić information content (AvgIpc) is 2.31. The van der Waals surface area contributed by atoms with Gasteiger partial charge in [0, 0.05) is 13.0 Å². The van der Waals surface area contributed by atoms with Gasteiger partial charge >= 0.3 is 0 Å². The van der Waals surface area contributed by atoms with Crippen LogP contribution in [0, 0.1) is 17.8 Å². The van der Waals surface area contributed by atoms with Gasteiger partial charge in [0.15, 0.2) is 0 Å². The minimum absolute atomic E-state index is 0.120.